The van der Waals surface area contributed by atoms with Gasteiger partial charge in [-0.25, -0.2) is 0 Å². The number of aromatic nitrogens is 1. The fourth-order valence-electron chi connectivity index (χ4n) is 2.21. The summed E-state index contributed by atoms with van der Waals surface area (Å²) in [5.41, 5.74) is 0.703. The molecule has 0 N–H and O–H groups in total. The molecule has 0 unspecified atom stereocenters. The molecule has 3 aromatic rings. The standard InChI is InChI=1S/C15H9Cl2N3O3S/c1-19-13-11(17)6-9(16)7-12(13)24-15(19)18-14(21)8-3-2-4-10(5-8)20(22)23/h2-7H,1H3. The number of thiazole rings is 1. The van der Waals surface area contributed by atoms with Crippen LogP contribution < -0.4 is 4.80 Å². The topological polar surface area (TPSA) is 77.5 Å². The quantitative estimate of drug-likeness (QED) is 0.492. The molecule has 0 aliphatic carbocycles. The number of rotatable bonds is 2. The first-order valence-corrected chi connectivity index (χ1v) is 8.22. The van der Waals surface area contributed by atoms with Crippen molar-refractivity contribution in [2.45, 2.75) is 0 Å². The van der Waals surface area contributed by atoms with E-state index in [9.17, 15) is 14.9 Å². The third kappa shape index (κ3) is 3.06. The number of carbonyl (C=O) groups excluding carboxylic acids is 1. The predicted octanol–water partition coefficient (Wildman–Crippen LogP) is 4.20. The fraction of sp³-hybridized carbons (Fsp3) is 0.0667. The number of hydrogen-bond acceptors (Lipinski definition) is 4. The smallest absolute Gasteiger partial charge is 0.279 e. The van der Waals surface area contributed by atoms with Gasteiger partial charge in [0.1, 0.15) is 0 Å². The van der Waals surface area contributed by atoms with E-state index in [1.807, 2.05) is 0 Å². The highest BCUT2D eigenvalue weighted by molar-refractivity contribution is 7.16. The van der Waals surface area contributed by atoms with Crippen molar-refractivity contribution in [3.63, 3.8) is 0 Å². The summed E-state index contributed by atoms with van der Waals surface area (Å²) in [6.45, 7) is 0. The summed E-state index contributed by atoms with van der Waals surface area (Å²) in [6, 6.07) is 8.80. The van der Waals surface area contributed by atoms with Crippen LogP contribution in [0.2, 0.25) is 10.0 Å². The summed E-state index contributed by atoms with van der Waals surface area (Å²) in [6.07, 6.45) is 0. The van der Waals surface area contributed by atoms with Gasteiger partial charge in [-0.2, -0.15) is 4.99 Å². The van der Waals surface area contributed by atoms with Crippen LogP contribution in [0.3, 0.4) is 0 Å². The van der Waals surface area contributed by atoms with Crippen LogP contribution in [-0.2, 0) is 7.05 Å². The first kappa shape index (κ1) is 16.6. The molecular weight excluding hydrogens is 373 g/mol. The maximum absolute atomic E-state index is 12.3. The fourth-order valence-corrected chi connectivity index (χ4v) is 4.03. The maximum Gasteiger partial charge on any atom is 0.279 e. The molecule has 1 amide bonds. The van der Waals surface area contributed by atoms with Crippen LogP contribution >= 0.6 is 34.5 Å². The first-order chi connectivity index (χ1) is 11.4. The van der Waals surface area contributed by atoms with Crippen LogP contribution in [0, 0.1) is 10.1 Å². The molecule has 0 spiro atoms. The van der Waals surface area contributed by atoms with Gasteiger partial charge in [-0.1, -0.05) is 40.6 Å². The number of carbonyl (C=O) groups is 1. The Morgan fingerprint density at radius 1 is 1.29 bits per heavy atom. The van der Waals surface area contributed by atoms with Crippen LogP contribution in [0.1, 0.15) is 10.4 Å². The van der Waals surface area contributed by atoms with E-state index in [1.54, 1.807) is 23.7 Å². The Balaban J connectivity index is 2.12. The van der Waals surface area contributed by atoms with E-state index in [-0.39, 0.29) is 11.3 Å². The number of benzene rings is 2. The van der Waals surface area contributed by atoms with Crippen molar-refractivity contribution in [3.05, 3.63) is 66.9 Å². The zero-order chi connectivity index (χ0) is 17.4. The van der Waals surface area contributed by atoms with Crippen molar-refractivity contribution in [2.75, 3.05) is 0 Å². The average molecular weight is 382 g/mol. The lowest BCUT2D eigenvalue weighted by atomic mass is 10.2. The Morgan fingerprint density at radius 3 is 2.75 bits per heavy atom. The SMILES string of the molecule is Cn1c(=NC(=O)c2cccc([N+](=O)[O-])c2)sc2cc(Cl)cc(Cl)c21. The molecule has 24 heavy (non-hydrogen) atoms. The normalized spacial score (nSPS) is 11.9. The number of amides is 1. The number of nitrogens with zero attached hydrogens (tertiary/aromatic N) is 3. The van der Waals surface area contributed by atoms with Crippen molar-refractivity contribution in [1.29, 1.82) is 0 Å². The van der Waals surface area contributed by atoms with Gasteiger partial charge in [0.25, 0.3) is 11.6 Å². The molecule has 1 aromatic heterocycles. The van der Waals surface area contributed by atoms with Crippen molar-refractivity contribution >= 4 is 56.3 Å². The van der Waals surface area contributed by atoms with Crippen molar-refractivity contribution in [1.82, 2.24) is 4.57 Å². The largest absolute Gasteiger partial charge is 0.318 e. The lowest BCUT2D eigenvalue weighted by molar-refractivity contribution is -0.384. The van der Waals surface area contributed by atoms with Gasteiger partial charge in [0.15, 0.2) is 4.80 Å². The van der Waals surface area contributed by atoms with Crippen LogP contribution in [0.5, 0.6) is 0 Å². The van der Waals surface area contributed by atoms with Crippen LogP contribution in [0.4, 0.5) is 5.69 Å². The van der Waals surface area contributed by atoms with Crippen LogP contribution in [-0.4, -0.2) is 15.4 Å². The lowest BCUT2D eigenvalue weighted by Gasteiger charge is -1.99. The van der Waals surface area contributed by atoms with Crippen LogP contribution in [0.25, 0.3) is 10.2 Å². The molecule has 0 saturated heterocycles. The summed E-state index contributed by atoms with van der Waals surface area (Å²) in [5, 5.41) is 11.8. The summed E-state index contributed by atoms with van der Waals surface area (Å²) >= 11 is 13.4. The number of hydrogen-bond donors (Lipinski definition) is 0. The first-order valence-electron chi connectivity index (χ1n) is 6.65. The minimum atomic E-state index is -0.567. The Labute approximate surface area is 149 Å². The highest BCUT2D eigenvalue weighted by Gasteiger charge is 2.13. The number of aryl methyl sites for hydroxylation is 1. The molecular formula is C15H9Cl2N3O3S. The van der Waals surface area contributed by atoms with E-state index in [0.717, 1.165) is 10.2 Å². The predicted molar refractivity (Wildman–Crippen MR) is 93.8 cm³/mol. The Bertz CT molecular complexity index is 1060. The summed E-state index contributed by atoms with van der Waals surface area (Å²) in [7, 11) is 1.73. The molecule has 122 valence electrons. The van der Waals surface area contributed by atoms with Gasteiger partial charge in [-0.05, 0) is 18.2 Å². The number of nitro groups is 1. The summed E-state index contributed by atoms with van der Waals surface area (Å²) < 4.78 is 2.48. The van der Waals surface area contributed by atoms with E-state index in [0.29, 0.717) is 14.8 Å². The van der Waals surface area contributed by atoms with Crippen molar-refractivity contribution in [2.24, 2.45) is 12.0 Å². The molecule has 3 rings (SSSR count). The van der Waals surface area contributed by atoms with E-state index in [2.05, 4.69) is 4.99 Å². The molecule has 2 aromatic carbocycles. The molecule has 0 bridgehead atoms. The molecule has 6 nitrogen and oxygen atoms in total. The van der Waals surface area contributed by atoms with Crippen molar-refractivity contribution < 1.29 is 9.72 Å². The van der Waals surface area contributed by atoms with E-state index in [4.69, 9.17) is 23.2 Å². The minimum Gasteiger partial charge on any atom is -0.318 e. The molecule has 0 fully saturated rings. The van der Waals surface area contributed by atoms with Gasteiger partial charge in [0.2, 0.25) is 0 Å². The van der Waals surface area contributed by atoms with E-state index < -0.39 is 10.8 Å². The third-order valence-corrected chi connectivity index (χ3v) is 4.90. The number of non-ortho nitro benzene ring substituents is 1. The van der Waals surface area contributed by atoms with Gasteiger partial charge in [0.05, 0.1) is 20.2 Å². The van der Waals surface area contributed by atoms with Crippen LogP contribution in [0.15, 0.2) is 41.4 Å². The second-order valence-electron chi connectivity index (χ2n) is 4.90. The monoisotopic (exact) mass is 381 g/mol. The van der Waals surface area contributed by atoms with Gasteiger partial charge < -0.3 is 4.57 Å². The second-order valence-corrected chi connectivity index (χ2v) is 6.76. The molecule has 0 saturated carbocycles. The van der Waals surface area contributed by atoms with E-state index in [1.165, 1.54) is 35.6 Å². The minimum absolute atomic E-state index is 0.144. The number of nitro benzene ring substituents is 1. The van der Waals surface area contributed by atoms with Gasteiger partial charge in [0, 0.05) is 29.8 Å². The molecule has 1 heterocycles. The third-order valence-electron chi connectivity index (χ3n) is 3.32. The molecule has 0 aliphatic heterocycles. The van der Waals surface area contributed by atoms with E-state index >= 15 is 0 Å². The number of fused-ring (bicyclic) bond motifs is 1. The molecule has 0 aliphatic rings. The Kier molecular flexibility index (Phi) is 4.40. The molecule has 0 radical (unpaired) electrons. The highest BCUT2D eigenvalue weighted by Crippen LogP contribution is 2.29. The van der Waals surface area contributed by atoms with Crippen molar-refractivity contribution in [3.8, 4) is 0 Å². The van der Waals surface area contributed by atoms with Gasteiger partial charge in [-0.15, -0.1) is 0 Å². The second kappa shape index (κ2) is 6.35. The van der Waals surface area contributed by atoms with Gasteiger partial charge >= 0.3 is 0 Å². The number of halogens is 2. The lowest BCUT2D eigenvalue weighted by Crippen LogP contribution is -2.13. The Hall–Kier alpha value is -2.22. The summed E-state index contributed by atoms with van der Waals surface area (Å²) in [5.74, 6) is -0.567. The van der Waals surface area contributed by atoms with Gasteiger partial charge in [-0.3, -0.25) is 14.9 Å². The molecule has 9 heteroatoms. The average Bonchev–Trinajstić information content (AvgIpc) is 2.83. The highest BCUT2D eigenvalue weighted by atomic mass is 35.5. The summed E-state index contributed by atoms with van der Waals surface area (Å²) in [4.78, 5) is 27.0. The zero-order valence-electron chi connectivity index (χ0n) is 12.2. The Morgan fingerprint density at radius 2 is 2.04 bits per heavy atom. The molecule has 0 atom stereocenters. The zero-order valence-corrected chi connectivity index (χ0v) is 14.5. The maximum atomic E-state index is 12.3.